The van der Waals surface area contributed by atoms with Gasteiger partial charge in [-0.3, -0.25) is 9.59 Å². The summed E-state index contributed by atoms with van der Waals surface area (Å²) in [5, 5.41) is 0. The smallest absolute Gasteiger partial charge is 0.306 e. The van der Waals surface area contributed by atoms with Crippen molar-refractivity contribution in [3.8, 4) is 0 Å². The SMILES string of the molecule is CCCCC/C=C\C/C=C\CCCCCCCC(=O)OC1CCC(C)(C)C(/C=C/C(C)=C/C=C/C(C)=C/C=O)=C1C. The number of allylic oxidation sites excluding steroid dienone is 13. The van der Waals surface area contributed by atoms with Crippen LogP contribution in [0.1, 0.15) is 131 Å². The van der Waals surface area contributed by atoms with Gasteiger partial charge in [-0.15, -0.1) is 0 Å². The molecule has 0 aromatic heterocycles. The number of carbonyl (C=O) groups excluding carboxylic acids is 2. The quantitative estimate of drug-likeness (QED) is 0.0370. The summed E-state index contributed by atoms with van der Waals surface area (Å²) in [5.41, 5.74) is 4.51. The number of aldehydes is 1. The van der Waals surface area contributed by atoms with E-state index in [-0.39, 0.29) is 17.5 Å². The minimum atomic E-state index is -0.131. The summed E-state index contributed by atoms with van der Waals surface area (Å²) in [6.07, 6.45) is 37.0. The summed E-state index contributed by atoms with van der Waals surface area (Å²) in [7, 11) is 0. The molecule has 0 fully saturated rings. The van der Waals surface area contributed by atoms with Crippen molar-refractivity contribution in [2.24, 2.45) is 5.41 Å². The molecule has 1 rings (SSSR count). The van der Waals surface area contributed by atoms with Crippen molar-refractivity contribution in [2.75, 3.05) is 0 Å². The van der Waals surface area contributed by atoms with Crippen LogP contribution in [0, 0.1) is 5.41 Å². The number of hydrogen-bond donors (Lipinski definition) is 0. The Hall–Kier alpha value is -2.68. The van der Waals surface area contributed by atoms with Gasteiger partial charge in [-0.1, -0.05) is 113 Å². The first-order valence-electron chi connectivity index (χ1n) is 16.1. The Morgan fingerprint density at radius 1 is 0.878 bits per heavy atom. The summed E-state index contributed by atoms with van der Waals surface area (Å²) < 4.78 is 5.96. The molecule has 1 unspecified atom stereocenters. The predicted octanol–water partition coefficient (Wildman–Crippen LogP) is 11.1. The normalized spacial score (nSPS) is 18.4. The van der Waals surface area contributed by atoms with Gasteiger partial charge in [-0.25, -0.2) is 0 Å². The van der Waals surface area contributed by atoms with Crippen molar-refractivity contribution in [1.29, 1.82) is 0 Å². The van der Waals surface area contributed by atoms with E-state index in [2.05, 4.69) is 71.1 Å². The zero-order valence-electron chi connectivity index (χ0n) is 27.1. The van der Waals surface area contributed by atoms with Gasteiger partial charge in [-0.05, 0) is 100 Å². The molecular weight excluding hydrogens is 504 g/mol. The summed E-state index contributed by atoms with van der Waals surface area (Å²) >= 11 is 0. The minimum absolute atomic E-state index is 0.0447. The van der Waals surface area contributed by atoms with Crippen molar-refractivity contribution in [2.45, 2.75) is 138 Å². The second kappa shape index (κ2) is 22.0. The summed E-state index contributed by atoms with van der Waals surface area (Å²) in [5.74, 6) is -0.0666. The van der Waals surface area contributed by atoms with Crippen molar-refractivity contribution in [3.63, 3.8) is 0 Å². The predicted molar refractivity (Wildman–Crippen MR) is 177 cm³/mol. The van der Waals surface area contributed by atoms with E-state index in [4.69, 9.17) is 4.74 Å². The second-order valence-electron chi connectivity index (χ2n) is 12.1. The molecule has 1 aliphatic carbocycles. The topological polar surface area (TPSA) is 43.4 Å². The average Bonchev–Trinajstić information content (AvgIpc) is 2.92. The number of esters is 1. The van der Waals surface area contributed by atoms with Crippen molar-refractivity contribution >= 4 is 12.3 Å². The zero-order valence-corrected chi connectivity index (χ0v) is 27.1. The van der Waals surface area contributed by atoms with Gasteiger partial charge >= 0.3 is 5.97 Å². The molecule has 0 heterocycles. The van der Waals surface area contributed by atoms with Gasteiger partial charge in [0, 0.05) is 6.42 Å². The lowest BCUT2D eigenvalue weighted by molar-refractivity contribution is -0.148. The maximum absolute atomic E-state index is 12.6. The Labute approximate surface area is 252 Å². The number of rotatable bonds is 20. The molecule has 0 aromatic rings. The monoisotopic (exact) mass is 562 g/mol. The maximum atomic E-state index is 12.6. The van der Waals surface area contributed by atoms with Gasteiger partial charge in [0.1, 0.15) is 12.4 Å². The molecule has 0 saturated carbocycles. The van der Waals surface area contributed by atoms with E-state index >= 15 is 0 Å². The van der Waals surface area contributed by atoms with Gasteiger partial charge in [-0.2, -0.15) is 0 Å². The van der Waals surface area contributed by atoms with E-state index in [0.717, 1.165) is 56.0 Å². The molecule has 1 aliphatic rings. The molecule has 0 amide bonds. The maximum Gasteiger partial charge on any atom is 0.306 e. The first-order chi connectivity index (χ1) is 19.7. The minimum Gasteiger partial charge on any atom is -0.458 e. The summed E-state index contributed by atoms with van der Waals surface area (Å²) in [6, 6.07) is 0. The number of ether oxygens (including phenoxy) is 1. The largest absolute Gasteiger partial charge is 0.458 e. The first-order valence-corrected chi connectivity index (χ1v) is 16.1. The third kappa shape index (κ3) is 17.0. The van der Waals surface area contributed by atoms with Gasteiger partial charge < -0.3 is 4.74 Å². The van der Waals surface area contributed by atoms with Crippen LogP contribution in [0.3, 0.4) is 0 Å². The van der Waals surface area contributed by atoms with Crippen LogP contribution < -0.4 is 0 Å². The number of carbonyl (C=O) groups is 2. The molecule has 1 atom stereocenters. The molecule has 0 radical (unpaired) electrons. The third-order valence-electron chi connectivity index (χ3n) is 7.84. The Morgan fingerprint density at radius 3 is 2.20 bits per heavy atom. The van der Waals surface area contributed by atoms with Crippen LogP contribution in [0.25, 0.3) is 0 Å². The molecule has 0 saturated heterocycles. The Balaban J connectivity index is 2.40. The highest BCUT2D eigenvalue weighted by Gasteiger charge is 2.33. The van der Waals surface area contributed by atoms with Crippen molar-refractivity contribution < 1.29 is 14.3 Å². The molecule has 0 N–H and O–H groups in total. The molecule has 3 nitrogen and oxygen atoms in total. The fourth-order valence-corrected chi connectivity index (χ4v) is 5.14. The van der Waals surface area contributed by atoms with Crippen molar-refractivity contribution in [3.05, 3.63) is 83.1 Å². The van der Waals surface area contributed by atoms with Crippen LogP contribution in [0.4, 0.5) is 0 Å². The zero-order chi connectivity index (χ0) is 30.3. The average molecular weight is 563 g/mol. The molecule has 0 aliphatic heterocycles. The van der Waals surface area contributed by atoms with E-state index in [9.17, 15) is 9.59 Å². The highest BCUT2D eigenvalue weighted by molar-refractivity contribution is 5.70. The summed E-state index contributed by atoms with van der Waals surface area (Å²) in [6.45, 7) is 12.9. The number of unbranched alkanes of at least 4 members (excludes halogenated alkanes) is 8. The van der Waals surface area contributed by atoms with Crippen LogP contribution in [0.5, 0.6) is 0 Å². The van der Waals surface area contributed by atoms with E-state index in [1.165, 1.54) is 56.1 Å². The molecule has 0 aromatic carbocycles. The van der Waals surface area contributed by atoms with Crippen molar-refractivity contribution in [1.82, 2.24) is 0 Å². The van der Waals surface area contributed by atoms with Crippen LogP contribution in [0.15, 0.2) is 83.1 Å². The fraction of sp³-hybridized carbons (Fsp3) is 0.579. The van der Waals surface area contributed by atoms with Gasteiger partial charge in [0.25, 0.3) is 0 Å². The van der Waals surface area contributed by atoms with E-state index in [1.807, 2.05) is 25.2 Å². The molecule has 41 heavy (non-hydrogen) atoms. The Morgan fingerprint density at radius 2 is 1.51 bits per heavy atom. The van der Waals surface area contributed by atoms with Gasteiger partial charge in [0.2, 0.25) is 0 Å². The van der Waals surface area contributed by atoms with Crippen LogP contribution >= 0.6 is 0 Å². The van der Waals surface area contributed by atoms with E-state index in [0.29, 0.717) is 6.42 Å². The summed E-state index contributed by atoms with van der Waals surface area (Å²) in [4.78, 5) is 23.2. The number of hydrogen-bond acceptors (Lipinski definition) is 3. The molecule has 0 bridgehead atoms. The highest BCUT2D eigenvalue weighted by atomic mass is 16.5. The van der Waals surface area contributed by atoms with Gasteiger partial charge in [0.05, 0.1) is 0 Å². The molecule has 3 heteroatoms. The van der Waals surface area contributed by atoms with Crippen LogP contribution in [0.2, 0.25) is 0 Å². The van der Waals surface area contributed by atoms with E-state index in [1.54, 1.807) is 6.08 Å². The van der Waals surface area contributed by atoms with Crippen LogP contribution in [-0.4, -0.2) is 18.4 Å². The van der Waals surface area contributed by atoms with E-state index < -0.39 is 0 Å². The lowest BCUT2D eigenvalue weighted by atomic mass is 9.71. The Kier molecular flexibility index (Phi) is 19.5. The lowest BCUT2D eigenvalue weighted by Crippen LogP contribution is -2.30. The standard InChI is InChI=1S/C38H58O3/c1-7-8-9-10-11-12-13-14-15-16-17-18-19-20-21-25-37(40)41-36-28-30-38(5,6)35(34(36)4)27-26-32(2)23-22-24-33(3)29-31-39/h11-12,14-15,22-24,26-27,29,31,36H,7-10,13,16-21,25,28,30H2,1-6H3/b12-11-,15-14-,24-22+,27-26+,32-23+,33-29+. The Bertz CT molecular complexity index is 981. The van der Waals surface area contributed by atoms with Gasteiger partial charge in [0.15, 0.2) is 0 Å². The molecular formula is C38H58O3. The second-order valence-corrected chi connectivity index (χ2v) is 12.1. The van der Waals surface area contributed by atoms with Crippen LogP contribution in [-0.2, 0) is 14.3 Å². The molecule has 228 valence electrons. The third-order valence-corrected chi connectivity index (χ3v) is 7.84. The lowest BCUT2D eigenvalue weighted by Gasteiger charge is -2.37. The fourth-order valence-electron chi connectivity index (χ4n) is 5.14. The highest BCUT2D eigenvalue weighted by Crippen LogP contribution is 2.42. The first kappa shape index (κ1) is 36.3. The molecule has 0 spiro atoms.